The summed E-state index contributed by atoms with van der Waals surface area (Å²) in [6.45, 7) is 1.41. The summed E-state index contributed by atoms with van der Waals surface area (Å²) in [5, 5.41) is 0. The predicted molar refractivity (Wildman–Crippen MR) is 41.4 cm³/mol. The molecule has 0 aliphatic carbocycles. The molecule has 0 saturated heterocycles. The van der Waals surface area contributed by atoms with E-state index in [2.05, 4.69) is 0 Å². The first-order valence-electron chi connectivity index (χ1n) is 2.62. The average molecular weight is 209 g/mol. The van der Waals surface area contributed by atoms with Crippen LogP contribution in [0.25, 0.3) is 0 Å². The lowest BCUT2D eigenvalue weighted by Gasteiger charge is -1.94. The fraction of sp³-hybridized carbons (Fsp3) is 0.143. The largest absolute Gasteiger partial charge is 0.207 e. The first-order valence-corrected chi connectivity index (χ1v) is 2.62. The lowest BCUT2D eigenvalue weighted by molar-refractivity contribution is 0.568. The van der Waals surface area contributed by atoms with E-state index in [1.165, 1.54) is 25.1 Å². The molecule has 0 unspecified atom stereocenters. The second-order valence-electron chi connectivity index (χ2n) is 1.85. The van der Waals surface area contributed by atoms with Gasteiger partial charge in [0.25, 0.3) is 0 Å². The molecule has 0 bridgehead atoms. The first kappa shape index (κ1) is 9.56. The van der Waals surface area contributed by atoms with Crippen LogP contribution in [0.4, 0.5) is 8.78 Å². The van der Waals surface area contributed by atoms with Gasteiger partial charge in [-0.05, 0) is 19.1 Å². The van der Waals surface area contributed by atoms with Crippen molar-refractivity contribution in [2.75, 3.05) is 0 Å². The molecule has 0 atom stereocenters. The van der Waals surface area contributed by atoms with Gasteiger partial charge < -0.3 is 0 Å². The van der Waals surface area contributed by atoms with Crippen LogP contribution in [0.1, 0.15) is 5.56 Å². The standard InChI is InChI=1S/C7H6F2.BrH/c1-5-6(8)3-2-4-7(5)9;/h2-4H,1H3;1H. The van der Waals surface area contributed by atoms with Crippen molar-refractivity contribution in [3.63, 3.8) is 0 Å². The third-order valence-corrected chi connectivity index (χ3v) is 1.20. The molecule has 56 valence electrons. The van der Waals surface area contributed by atoms with Gasteiger partial charge in [0.1, 0.15) is 11.6 Å². The van der Waals surface area contributed by atoms with Gasteiger partial charge in [-0.1, -0.05) is 6.07 Å². The molecule has 3 heteroatoms. The summed E-state index contributed by atoms with van der Waals surface area (Å²) in [4.78, 5) is 0. The summed E-state index contributed by atoms with van der Waals surface area (Å²) in [5.41, 5.74) is 0.0810. The summed E-state index contributed by atoms with van der Waals surface area (Å²) < 4.78 is 24.7. The van der Waals surface area contributed by atoms with Gasteiger partial charge in [-0.25, -0.2) is 8.78 Å². The zero-order chi connectivity index (χ0) is 6.85. The smallest absolute Gasteiger partial charge is 0.129 e. The molecule has 10 heavy (non-hydrogen) atoms. The highest BCUT2D eigenvalue weighted by Gasteiger charge is 1.99. The van der Waals surface area contributed by atoms with Crippen molar-refractivity contribution in [1.29, 1.82) is 0 Å². The third kappa shape index (κ3) is 1.77. The number of hydrogen-bond acceptors (Lipinski definition) is 0. The number of rotatable bonds is 0. The first-order chi connectivity index (χ1) is 4.22. The van der Waals surface area contributed by atoms with E-state index in [9.17, 15) is 8.78 Å². The maximum Gasteiger partial charge on any atom is 0.129 e. The van der Waals surface area contributed by atoms with Crippen LogP contribution in [0.2, 0.25) is 0 Å². The SMILES string of the molecule is Br.Cc1c(F)cccc1F. The Labute approximate surface area is 68.6 Å². The molecule has 0 spiro atoms. The molecule has 0 saturated carbocycles. The van der Waals surface area contributed by atoms with Gasteiger partial charge >= 0.3 is 0 Å². The van der Waals surface area contributed by atoms with Gasteiger partial charge in [0.2, 0.25) is 0 Å². The van der Waals surface area contributed by atoms with E-state index in [0.717, 1.165) is 0 Å². The summed E-state index contributed by atoms with van der Waals surface area (Å²) >= 11 is 0. The minimum Gasteiger partial charge on any atom is -0.207 e. The number of benzene rings is 1. The fourth-order valence-electron chi connectivity index (χ4n) is 0.581. The molecule has 0 aliphatic rings. The molecule has 0 aliphatic heterocycles. The second kappa shape index (κ2) is 3.66. The van der Waals surface area contributed by atoms with E-state index in [-0.39, 0.29) is 22.5 Å². The van der Waals surface area contributed by atoms with Crippen LogP contribution < -0.4 is 0 Å². The summed E-state index contributed by atoms with van der Waals surface area (Å²) in [6.07, 6.45) is 0. The maximum absolute atomic E-state index is 12.3. The van der Waals surface area contributed by atoms with Crippen LogP contribution in [0.15, 0.2) is 18.2 Å². The average Bonchev–Trinajstić information content (AvgIpc) is 1.83. The van der Waals surface area contributed by atoms with Gasteiger partial charge in [0.15, 0.2) is 0 Å². The molecule has 0 amide bonds. The quantitative estimate of drug-likeness (QED) is 0.616. The summed E-state index contributed by atoms with van der Waals surface area (Å²) in [7, 11) is 0. The van der Waals surface area contributed by atoms with Crippen molar-refractivity contribution in [3.8, 4) is 0 Å². The van der Waals surface area contributed by atoms with Crippen LogP contribution in [-0.2, 0) is 0 Å². The lowest BCUT2D eigenvalue weighted by Crippen LogP contribution is -1.85. The predicted octanol–water partition coefficient (Wildman–Crippen LogP) is 2.85. The molecule has 1 aromatic carbocycles. The zero-order valence-corrected chi connectivity index (χ0v) is 7.11. The van der Waals surface area contributed by atoms with Gasteiger partial charge in [-0.15, -0.1) is 17.0 Å². The van der Waals surface area contributed by atoms with E-state index in [1.54, 1.807) is 0 Å². The van der Waals surface area contributed by atoms with Crippen molar-refractivity contribution >= 4 is 17.0 Å². The van der Waals surface area contributed by atoms with Crippen LogP contribution in [0.3, 0.4) is 0 Å². The molecule has 0 N–H and O–H groups in total. The van der Waals surface area contributed by atoms with E-state index >= 15 is 0 Å². The highest BCUT2D eigenvalue weighted by molar-refractivity contribution is 8.93. The summed E-state index contributed by atoms with van der Waals surface area (Å²) in [5.74, 6) is -0.981. The molecular weight excluding hydrogens is 202 g/mol. The van der Waals surface area contributed by atoms with E-state index in [0.29, 0.717) is 0 Å². The van der Waals surface area contributed by atoms with E-state index < -0.39 is 11.6 Å². The normalized spacial score (nSPS) is 8.70. The van der Waals surface area contributed by atoms with Crippen LogP contribution in [0, 0.1) is 18.6 Å². The van der Waals surface area contributed by atoms with E-state index in [4.69, 9.17) is 0 Å². The Morgan fingerprint density at radius 2 is 1.50 bits per heavy atom. The van der Waals surface area contributed by atoms with Crippen LogP contribution >= 0.6 is 17.0 Å². The second-order valence-corrected chi connectivity index (χ2v) is 1.85. The molecule has 1 aromatic rings. The Morgan fingerprint density at radius 3 is 1.80 bits per heavy atom. The van der Waals surface area contributed by atoms with Crippen molar-refractivity contribution < 1.29 is 8.78 Å². The Bertz CT molecular complexity index is 203. The van der Waals surface area contributed by atoms with E-state index in [1.807, 2.05) is 0 Å². The Balaban J connectivity index is 0.000000810. The fourth-order valence-corrected chi connectivity index (χ4v) is 0.581. The van der Waals surface area contributed by atoms with Crippen LogP contribution in [-0.4, -0.2) is 0 Å². The zero-order valence-electron chi connectivity index (χ0n) is 5.40. The van der Waals surface area contributed by atoms with Gasteiger partial charge in [0.05, 0.1) is 0 Å². The highest BCUT2D eigenvalue weighted by atomic mass is 79.9. The summed E-state index contributed by atoms with van der Waals surface area (Å²) in [6, 6.07) is 3.81. The van der Waals surface area contributed by atoms with Crippen molar-refractivity contribution in [3.05, 3.63) is 35.4 Å². The molecule has 1 rings (SSSR count). The molecular formula is C7H7BrF2. The van der Waals surface area contributed by atoms with Crippen molar-refractivity contribution in [1.82, 2.24) is 0 Å². The lowest BCUT2D eigenvalue weighted by atomic mass is 10.2. The molecule has 0 fully saturated rings. The Kier molecular flexibility index (Phi) is 3.50. The monoisotopic (exact) mass is 208 g/mol. The number of hydrogen-bond donors (Lipinski definition) is 0. The molecule has 0 radical (unpaired) electrons. The van der Waals surface area contributed by atoms with Gasteiger partial charge in [-0.2, -0.15) is 0 Å². The highest BCUT2D eigenvalue weighted by Crippen LogP contribution is 2.08. The van der Waals surface area contributed by atoms with Crippen molar-refractivity contribution in [2.24, 2.45) is 0 Å². The van der Waals surface area contributed by atoms with Crippen molar-refractivity contribution in [2.45, 2.75) is 6.92 Å². The molecule has 0 heterocycles. The minimum absolute atomic E-state index is 0. The Morgan fingerprint density at radius 1 is 1.10 bits per heavy atom. The van der Waals surface area contributed by atoms with Gasteiger partial charge in [-0.3, -0.25) is 0 Å². The topological polar surface area (TPSA) is 0 Å². The maximum atomic E-state index is 12.3. The third-order valence-electron chi connectivity index (χ3n) is 1.20. The Hall–Kier alpha value is -0.440. The van der Waals surface area contributed by atoms with Gasteiger partial charge in [0, 0.05) is 5.56 Å². The molecule has 0 aromatic heterocycles. The molecule has 0 nitrogen and oxygen atoms in total. The van der Waals surface area contributed by atoms with Crippen LogP contribution in [0.5, 0.6) is 0 Å². The minimum atomic E-state index is -0.491. The number of halogens is 3.